The summed E-state index contributed by atoms with van der Waals surface area (Å²) in [5.41, 5.74) is 2.47. The maximum atomic E-state index is 13.6. The van der Waals surface area contributed by atoms with E-state index in [1.165, 1.54) is 6.42 Å². The van der Waals surface area contributed by atoms with E-state index in [0.717, 1.165) is 16.5 Å². The maximum absolute atomic E-state index is 13.6. The van der Waals surface area contributed by atoms with Gasteiger partial charge >= 0.3 is 0 Å². The van der Waals surface area contributed by atoms with Gasteiger partial charge in [-0.25, -0.2) is 4.39 Å². The maximum Gasteiger partial charge on any atom is 0.157 e. The molecule has 110 valence electrons. The molecule has 0 saturated carbocycles. The van der Waals surface area contributed by atoms with Crippen molar-refractivity contribution in [3.05, 3.63) is 34.6 Å². The highest BCUT2D eigenvalue weighted by Crippen LogP contribution is 2.20. The molecular formula is C16H23FN2S. The molecule has 1 unspecified atom stereocenters. The Labute approximate surface area is 125 Å². The zero-order chi connectivity index (χ0) is 14.7. The van der Waals surface area contributed by atoms with Crippen molar-refractivity contribution in [3.63, 3.8) is 0 Å². The molecule has 0 aliphatic carbocycles. The van der Waals surface area contributed by atoms with Crippen molar-refractivity contribution in [1.82, 2.24) is 5.32 Å². The topological polar surface area (TPSA) is 24.4 Å². The smallest absolute Gasteiger partial charge is 0.157 e. The van der Waals surface area contributed by atoms with E-state index in [0.29, 0.717) is 29.6 Å². The Kier molecular flexibility index (Phi) is 5.08. The lowest BCUT2D eigenvalue weighted by atomic mass is 10.1. The van der Waals surface area contributed by atoms with Crippen molar-refractivity contribution in [1.29, 1.82) is 0 Å². The van der Waals surface area contributed by atoms with E-state index in [-0.39, 0.29) is 5.82 Å². The minimum atomic E-state index is -0.105. The lowest BCUT2D eigenvalue weighted by molar-refractivity contribution is 0.502. The number of hydrogen-bond acceptors (Lipinski definition) is 2. The van der Waals surface area contributed by atoms with Gasteiger partial charge in [0.05, 0.1) is 6.54 Å². The second-order valence-corrected chi connectivity index (χ2v) is 6.96. The molecule has 1 heterocycles. The van der Waals surface area contributed by atoms with Crippen molar-refractivity contribution < 1.29 is 4.39 Å². The van der Waals surface area contributed by atoms with Crippen molar-refractivity contribution in [2.24, 2.45) is 10.9 Å². The molecule has 2 nitrogen and oxygen atoms in total. The number of nitrogens with zero attached hydrogens (tertiary/aromatic N) is 1. The number of amidine groups is 1. The molecular weight excluding hydrogens is 271 g/mol. The van der Waals surface area contributed by atoms with Crippen LogP contribution in [-0.4, -0.2) is 17.0 Å². The molecule has 1 aromatic carbocycles. The third-order valence-corrected chi connectivity index (χ3v) is 4.50. The number of thioether (sulfide) groups is 1. The molecule has 1 fully saturated rings. The Hall–Kier alpha value is -1.03. The Morgan fingerprint density at radius 3 is 2.60 bits per heavy atom. The fourth-order valence-corrected chi connectivity index (χ4v) is 3.50. The first-order valence-corrected chi connectivity index (χ1v) is 8.13. The summed E-state index contributed by atoms with van der Waals surface area (Å²) in [6.45, 7) is 8.71. The van der Waals surface area contributed by atoms with E-state index in [1.54, 1.807) is 25.6 Å². The summed E-state index contributed by atoms with van der Waals surface area (Å²) in [6, 6.07) is 4.31. The van der Waals surface area contributed by atoms with Crippen molar-refractivity contribution >= 4 is 16.9 Å². The molecule has 0 aromatic heterocycles. The van der Waals surface area contributed by atoms with Crippen molar-refractivity contribution in [2.75, 3.05) is 5.75 Å². The fourth-order valence-electron chi connectivity index (χ4n) is 2.51. The van der Waals surface area contributed by atoms with Gasteiger partial charge < -0.3 is 5.32 Å². The van der Waals surface area contributed by atoms with Crippen LogP contribution in [0.2, 0.25) is 0 Å². The minimum Gasteiger partial charge on any atom is -0.361 e. The molecule has 1 aliphatic heterocycles. The Morgan fingerprint density at radius 1 is 1.35 bits per heavy atom. The van der Waals surface area contributed by atoms with Gasteiger partial charge in [-0.2, -0.15) is 0 Å². The van der Waals surface area contributed by atoms with Gasteiger partial charge in [0.25, 0.3) is 0 Å². The Bertz CT molecular complexity index is 488. The van der Waals surface area contributed by atoms with Crippen LogP contribution in [0.25, 0.3) is 0 Å². The van der Waals surface area contributed by atoms with Crippen LogP contribution in [0.4, 0.5) is 4.39 Å². The van der Waals surface area contributed by atoms with E-state index in [1.807, 2.05) is 12.1 Å². The van der Waals surface area contributed by atoms with Crippen LogP contribution in [0.5, 0.6) is 0 Å². The molecule has 20 heavy (non-hydrogen) atoms. The van der Waals surface area contributed by atoms with Gasteiger partial charge in [-0.05, 0) is 42.9 Å². The van der Waals surface area contributed by atoms with E-state index in [9.17, 15) is 4.39 Å². The predicted molar refractivity (Wildman–Crippen MR) is 85.8 cm³/mol. The largest absolute Gasteiger partial charge is 0.361 e. The normalized spacial score (nSPS) is 20.7. The Morgan fingerprint density at radius 2 is 2.00 bits per heavy atom. The highest BCUT2D eigenvalue weighted by atomic mass is 32.2. The van der Waals surface area contributed by atoms with E-state index in [2.05, 4.69) is 24.2 Å². The summed E-state index contributed by atoms with van der Waals surface area (Å²) in [7, 11) is 0. The molecule has 0 amide bonds. The molecule has 2 rings (SSSR count). The zero-order valence-corrected chi connectivity index (χ0v) is 13.5. The summed E-state index contributed by atoms with van der Waals surface area (Å²) >= 11 is 1.79. The van der Waals surface area contributed by atoms with Gasteiger partial charge in [-0.3, -0.25) is 4.99 Å². The molecule has 1 N–H and O–H groups in total. The van der Waals surface area contributed by atoms with Gasteiger partial charge in [0.15, 0.2) is 5.17 Å². The molecule has 1 aromatic rings. The number of nitrogens with one attached hydrogen (secondary N) is 1. The molecule has 1 saturated heterocycles. The van der Waals surface area contributed by atoms with Crippen LogP contribution in [-0.2, 0) is 6.54 Å². The van der Waals surface area contributed by atoms with Crippen LogP contribution >= 0.6 is 11.8 Å². The average molecular weight is 294 g/mol. The summed E-state index contributed by atoms with van der Waals surface area (Å²) in [5.74, 6) is 1.69. The second-order valence-electron chi connectivity index (χ2n) is 5.95. The lowest BCUT2D eigenvalue weighted by Gasteiger charge is -2.12. The number of aryl methyl sites for hydroxylation is 2. The van der Waals surface area contributed by atoms with Gasteiger partial charge in [0.1, 0.15) is 5.82 Å². The van der Waals surface area contributed by atoms with Crippen molar-refractivity contribution in [3.8, 4) is 0 Å². The van der Waals surface area contributed by atoms with Crippen molar-refractivity contribution in [2.45, 2.75) is 46.7 Å². The predicted octanol–water partition coefficient (Wildman–Crippen LogP) is 4.05. The highest BCUT2D eigenvalue weighted by Gasteiger charge is 2.20. The quantitative estimate of drug-likeness (QED) is 0.906. The molecule has 4 heteroatoms. The number of benzene rings is 1. The van der Waals surface area contributed by atoms with Gasteiger partial charge in [-0.15, -0.1) is 0 Å². The Balaban J connectivity index is 1.97. The molecule has 0 radical (unpaired) electrons. The number of rotatable bonds is 4. The van der Waals surface area contributed by atoms with Crippen LogP contribution < -0.4 is 5.32 Å². The third kappa shape index (κ3) is 3.98. The minimum absolute atomic E-state index is 0.105. The van der Waals surface area contributed by atoms with E-state index < -0.39 is 0 Å². The van der Waals surface area contributed by atoms with Crippen LogP contribution in [0, 0.1) is 25.6 Å². The number of halogens is 1. The summed E-state index contributed by atoms with van der Waals surface area (Å²) in [4.78, 5) is 4.61. The van der Waals surface area contributed by atoms with Crippen LogP contribution in [0.3, 0.4) is 0 Å². The zero-order valence-electron chi connectivity index (χ0n) is 12.7. The number of aliphatic imine (C=N–C) groups is 1. The molecule has 1 atom stereocenters. The molecule has 0 bridgehead atoms. The van der Waals surface area contributed by atoms with Crippen LogP contribution in [0.15, 0.2) is 17.1 Å². The molecule has 1 aliphatic rings. The van der Waals surface area contributed by atoms with Gasteiger partial charge in [-0.1, -0.05) is 37.7 Å². The molecule has 0 spiro atoms. The van der Waals surface area contributed by atoms with E-state index in [4.69, 9.17) is 0 Å². The average Bonchev–Trinajstić information content (AvgIpc) is 2.80. The standard InChI is InChI=1S/C16H23FN2S/c1-10(2)5-14-9-20-16(19-14)18-8-13-6-11(3)15(17)12(4)7-13/h6-7,10,14H,5,8-9H2,1-4H3,(H,18,19). The van der Waals surface area contributed by atoms with E-state index >= 15 is 0 Å². The number of hydrogen-bond donors (Lipinski definition) is 1. The first-order valence-electron chi connectivity index (χ1n) is 7.15. The second kappa shape index (κ2) is 6.61. The monoisotopic (exact) mass is 294 g/mol. The SMILES string of the molecule is Cc1cc(CN=C2NC(CC(C)C)CS2)cc(C)c1F. The lowest BCUT2D eigenvalue weighted by Crippen LogP contribution is -2.28. The first-order chi connectivity index (χ1) is 9.45. The summed E-state index contributed by atoms with van der Waals surface area (Å²) in [5, 5.41) is 4.50. The summed E-state index contributed by atoms with van der Waals surface area (Å²) in [6.07, 6.45) is 1.18. The first kappa shape index (κ1) is 15.4. The fraction of sp³-hybridized carbons (Fsp3) is 0.562. The van der Waals surface area contributed by atoms with Gasteiger partial charge in [0.2, 0.25) is 0 Å². The highest BCUT2D eigenvalue weighted by molar-refractivity contribution is 8.14. The van der Waals surface area contributed by atoms with Crippen LogP contribution in [0.1, 0.15) is 37.0 Å². The summed E-state index contributed by atoms with van der Waals surface area (Å²) < 4.78 is 13.6. The van der Waals surface area contributed by atoms with Gasteiger partial charge in [0, 0.05) is 11.8 Å². The third-order valence-electron chi connectivity index (χ3n) is 3.41.